The SMILES string of the molecule is NC(=O)/C=C/c1ccc(-c2cccc(Cl)c2)s1. The van der Waals surface area contributed by atoms with E-state index in [1.54, 1.807) is 17.4 Å². The summed E-state index contributed by atoms with van der Waals surface area (Å²) in [5, 5.41) is 0.713. The number of benzene rings is 1. The Labute approximate surface area is 108 Å². The van der Waals surface area contributed by atoms with Gasteiger partial charge in [0.2, 0.25) is 5.91 Å². The molecule has 0 unspecified atom stereocenters. The maximum Gasteiger partial charge on any atom is 0.241 e. The highest BCUT2D eigenvalue weighted by atomic mass is 35.5. The van der Waals surface area contributed by atoms with Gasteiger partial charge in [-0.2, -0.15) is 0 Å². The molecule has 0 radical (unpaired) electrons. The van der Waals surface area contributed by atoms with E-state index in [9.17, 15) is 4.79 Å². The topological polar surface area (TPSA) is 43.1 Å². The molecule has 1 amide bonds. The van der Waals surface area contributed by atoms with Crippen LogP contribution in [0.2, 0.25) is 5.02 Å². The average Bonchev–Trinajstić information content (AvgIpc) is 2.75. The Morgan fingerprint density at radius 2 is 2.12 bits per heavy atom. The van der Waals surface area contributed by atoms with E-state index in [2.05, 4.69) is 0 Å². The third-order valence-electron chi connectivity index (χ3n) is 2.15. The van der Waals surface area contributed by atoms with Crippen molar-refractivity contribution in [3.63, 3.8) is 0 Å². The fourth-order valence-electron chi connectivity index (χ4n) is 1.40. The Balaban J connectivity index is 2.27. The molecule has 2 nitrogen and oxygen atoms in total. The molecule has 86 valence electrons. The van der Waals surface area contributed by atoms with E-state index >= 15 is 0 Å². The zero-order valence-electron chi connectivity index (χ0n) is 8.89. The van der Waals surface area contributed by atoms with Crippen molar-refractivity contribution in [2.75, 3.05) is 0 Å². The second-order valence-corrected chi connectivity index (χ2v) is 5.00. The Hall–Kier alpha value is -1.58. The van der Waals surface area contributed by atoms with Crippen LogP contribution in [0.5, 0.6) is 0 Å². The van der Waals surface area contributed by atoms with Gasteiger partial charge in [0.25, 0.3) is 0 Å². The van der Waals surface area contributed by atoms with E-state index in [1.165, 1.54) is 6.08 Å². The van der Waals surface area contributed by atoms with E-state index in [4.69, 9.17) is 17.3 Å². The summed E-state index contributed by atoms with van der Waals surface area (Å²) in [6.45, 7) is 0. The average molecular weight is 264 g/mol. The number of thiophene rings is 1. The summed E-state index contributed by atoms with van der Waals surface area (Å²) in [5.41, 5.74) is 6.11. The Morgan fingerprint density at radius 3 is 2.82 bits per heavy atom. The first-order valence-corrected chi connectivity index (χ1v) is 6.18. The summed E-state index contributed by atoms with van der Waals surface area (Å²) in [4.78, 5) is 12.7. The van der Waals surface area contributed by atoms with Gasteiger partial charge in [0.05, 0.1) is 0 Å². The molecule has 0 aliphatic carbocycles. The van der Waals surface area contributed by atoms with Gasteiger partial charge < -0.3 is 5.73 Å². The summed E-state index contributed by atoms with van der Waals surface area (Å²) >= 11 is 7.52. The van der Waals surface area contributed by atoms with Crippen molar-refractivity contribution in [2.24, 2.45) is 5.73 Å². The molecule has 1 heterocycles. The molecule has 2 aromatic rings. The predicted octanol–water partition coefficient (Wildman–Crippen LogP) is 3.57. The van der Waals surface area contributed by atoms with E-state index in [1.807, 2.05) is 36.4 Å². The van der Waals surface area contributed by atoms with Crippen molar-refractivity contribution < 1.29 is 4.79 Å². The van der Waals surface area contributed by atoms with E-state index in [0.717, 1.165) is 15.3 Å². The Bertz CT molecular complexity index is 574. The summed E-state index contributed by atoms with van der Waals surface area (Å²) in [6.07, 6.45) is 3.06. The molecule has 17 heavy (non-hydrogen) atoms. The normalized spacial score (nSPS) is 10.9. The lowest BCUT2D eigenvalue weighted by atomic mass is 10.2. The van der Waals surface area contributed by atoms with Crippen LogP contribution in [0.25, 0.3) is 16.5 Å². The van der Waals surface area contributed by atoms with Crippen LogP contribution in [-0.2, 0) is 4.79 Å². The van der Waals surface area contributed by atoms with Gasteiger partial charge >= 0.3 is 0 Å². The van der Waals surface area contributed by atoms with Gasteiger partial charge in [0, 0.05) is 20.9 Å². The lowest BCUT2D eigenvalue weighted by Gasteiger charge is -1.96. The molecule has 4 heteroatoms. The number of carbonyl (C=O) groups is 1. The fraction of sp³-hybridized carbons (Fsp3) is 0. The van der Waals surface area contributed by atoms with Gasteiger partial charge in [-0.15, -0.1) is 11.3 Å². The van der Waals surface area contributed by atoms with Gasteiger partial charge in [-0.05, 0) is 35.9 Å². The highest BCUT2D eigenvalue weighted by molar-refractivity contribution is 7.16. The second-order valence-electron chi connectivity index (χ2n) is 3.45. The minimum atomic E-state index is -0.442. The molecule has 0 spiro atoms. The van der Waals surface area contributed by atoms with Gasteiger partial charge in [-0.3, -0.25) is 4.79 Å². The zero-order chi connectivity index (χ0) is 12.3. The highest BCUT2D eigenvalue weighted by Crippen LogP contribution is 2.30. The van der Waals surface area contributed by atoms with Crippen LogP contribution >= 0.6 is 22.9 Å². The molecule has 0 aliphatic heterocycles. The Kier molecular flexibility index (Phi) is 3.61. The molecule has 0 fully saturated rings. The third-order valence-corrected chi connectivity index (χ3v) is 3.48. The van der Waals surface area contributed by atoms with Crippen LogP contribution in [-0.4, -0.2) is 5.91 Å². The van der Waals surface area contributed by atoms with Crippen LogP contribution in [0, 0.1) is 0 Å². The number of halogens is 1. The number of rotatable bonds is 3. The van der Waals surface area contributed by atoms with Gasteiger partial charge in [0.1, 0.15) is 0 Å². The Morgan fingerprint density at radius 1 is 1.29 bits per heavy atom. The molecule has 0 bridgehead atoms. The number of primary amides is 1. The molecule has 1 aromatic carbocycles. The number of carbonyl (C=O) groups excluding carboxylic acids is 1. The maximum atomic E-state index is 10.6. The van der Waals surface area contributed by atoms with Gasteiger partial charge in [-0.1, -0.05) is 23.7 Å². The van der Waals surface area contributed by atoms with Crippen LogP contribution in [0.1, 0.15) is 4.88 Å². The highest BCUT2D eigenvalue weighted by Gasteiger charge is 2.01. The molecule has 0 atom stereocenters. The summed E-state index contributed by atoms with van der Waals surface area (Å²) in [7, 11) is 0. The maximum absolute atomic E-state index is 10.6. The summed E-state index contributed by atoms with van der Waals surface area (Å²) < 4.78 is 0. The van der Waals surface area contributed by atoms with Crippen molar-refractivity contribution in [2.45, 2.75) is 0 Å². The molecular weight excluding hydrogens is 254 g/mol. The molecule has 2 rings (SSSR count). The first-order valence-electron chi connectivity index (χ1n) is 4.98. The third kappa shape index (κ3) is 3.19. The number of hydrogen-bond donors (Lipinski definition) is 1. The fourth-order valence-corrected chi connectivity index (χ4v) is 2.50. The van der Waals surface area contributed by atoms with Crippen molar-refractivity contribution >= 4 is 34.9 Å². The van der Waals surface area contributed by atoms with E-state index in [0.29, 0.717) is 5.02 Å². The quantitative estimate of drug-likeness (QED) is 0.846. The van der Waals surface area contributed by atoms with Crippen LogP contribution in [0.4, 0.5) is 0 Å². The van der Waals surface area contributed by atoms with E-state index < -0.39 is 5.91 Å². The predicted molar refractivity (Wildman–Crippen MR) is 73.0 cm³/mol. The number of amides is 1. The van der Waals surface area contributed by atoms with Crippen LogP contribution in [0.3, 0.4) is 0 Å². The van der Waals surface area contributed by atoms with Gasteiger partial charge in [0.15, 0.2) is 0 Å². The van der Waals surface area contributed by atoms with Crippen molar-refractivity contribution in [1.29, 1.82) is 0 Å². The summed E-state index contributed by atoms with van der Waals surface area (Å²) in [6, 6.07) is 11.6. The van der Waals surface area contributed by atoms with Crippen LogP contribution in [0.15, 0.2) is 42.5 Å². The first kappa shape index (κ1) is 11.9. The number of nitrogens with two attached hydrogens (primary N) is 1. The van der Waals surface area contributed by atoms with E-state index in [-0.39, 0.29) is 0 Å². The van der Waals surface area contributed by atoms with Gasteiger partial charge in [-0.25, -0.2) is 0 Å². The smallest absolute Gasteiger partial charge is 0.241 e. The second kappa shape index (κ2) is 5.17. The van der Waals surface area contributed by atoms with Crippen molar-refractivity contribution in [1.82, 2.24) is 0 Å². The molecule has 0 saturated heterocycles. The molecule has 0 aliphatic rings. The summed E-state index contributed by atoms with van der Waals surface area (Å²) in [5.74, 6) is -0.442. The molecule has 2 N–H and O–H groups in total. The lowest BCUT2D eigenvalue weighted by molar-refractivity contribution is -0.113. The molecule has 1 aromatic heterocycles. The lowest BCUT2D eigenvalue weighted by Crippen LogP contribution is -2.04. The zero-order valence-corrected chi connectivity index (χ0v) is 10.5. The largest absolute Gasteiger partial charge is 0.366 e. The van der Waals surface area contributed by atoms with Crippen LogP contribution < -0.4 is 5.73 Å². The molecule has 0 saturated carbocycles. The minimum absolute atomic E-state index is 0.442. The van der Waals surface area contributed by atoms with Crippen molar-refractivity contribution in [3.8, 4) is 10.4 Å². The standard InChI is InChI=1S/C13H10ClNOS/c14-10-3-1-2-9(8-10)12-6-4-11(17-12)5-7-13(15)16/h1-8H,(H2,15,16)/b7-5+. The first-order chi connectivity index (χ1) is 8.15. The monoisotopic (exact) mass is 263 g/mol. The number of hydrogen-bond acceptors (Lipinski definition) is 2. The van der Waals surface area contributed by atoms with Crippen molar-refractivity contribution in [3.05, 3.63) is 52.4 Å². The minimum Gasteiger partial charge on any atom is -0.366 e. The molecular formula is C13H10ClNOS.